The fourth-order valence-electron chi connectivity index (χ4n) is 3.79. The Morgan fingerprint density at radius 2 is 1.86 bits per heavy atom. The molecule has 11 heteroatoms. The lowest BCUT2D eigenvalue weighted by Gasteiger charge is -2.24. The first-order valence-corrected chi connectivity index (χ1v) is 12.3. The third-order valence-corrected chi connectivity index (χ3v) is 6.60. The van der Waals surface area contributed by atoms with E-state index in [0.29, 0.717) is 23.1 Å². The van der Waals surface area contributed by atoms with Crippen molar-refractivity contribution in [3.05, 3.63) is 88.7 Å². The standard InChI is InChI=1S/C24H20ClN3O6S/c1-2-34-19-13-14(6-11-17(19)25)22(29)20-21(18-5-3-4-12-27-18)28(24(31)23(20)30)15-7-9-16(10-8-15)35(26,32)33/h3-13,21,29H,2H2,1H3,(H2,26,32,33)/b22-20+. The van der Waals surface area contributed by atoms with Gasteiger partial charge in [-0.2, -0.15) is 0 Å². The van der Waals surface area contributed by atoms with Gasteiger partial charge < -0.3 is 9.84 Å². The third-order valence-electron chi connectivity index (χ3n) is 5.36. The van der Waals surface area contributed by atoms with Crippen LogP contribution in [-0.4, -0.2) is 36.8 Å². The van der Waals surface area contributed by atoms with Crippen molar-refractivity contribution < 1.29 is 27.9 Å². The summed E-state index contributed by atoms with van der Waals surface area (Å²) >= 11 is 6.15. The van der Waals surface area contributed by atoms with Gasteiger partial charge >= 0.3 is 0 Å². The summed E-state index contributed by atoms with van der Waals surface area (Å²) in [5, 5.41) is 16.7. The molecular weight excluding hydrogens is 494 g/mol. The maximum absolute atomic E-state index is 13.2. The van der Waals surface area contributed by atoms with E-state index in [0.717, 1.165) is 4.90 Å². The number of benzene rings is 2. The van der Waals surface area contributed by atoms with Gasteiger partial charge in [0.25, 0.3) is 11.7 Å². The zero-order valence-electron chi connectivity index (χ0n) is 18.4. The normalized spacial score (nSPS) is 17.6. The Kier molecular flexibility index (Phi) is 6.62. The Morgan fingerprint density at radius 3 is 2.46 bits per heavy atom. The molecule has 2 aromatic carbocycles. The highest BCUT2D eigenvalue weighted by atomic mass is 35.5. The van der Waals surface area contributed by atoms with Gasteiger partial charge in [-0.1, -0.05) is 17.7 Å². The van der Waals surface area contributed by atoms with Crippen molar-refractivity contribution in [2.45, 2.75) is 17.9 Å². The lowest BCUT2D eigenvalue weighted by Crippen LogP contribution is -2.29. The highest BCUT2D eigenvalue weighted by Crippen LogP contribution is 2.42. The van der Waals surface area contributed by atoms with Crippen LogP contribution in [0.5, 0.6) is 5.75 Å². The van der Waals surface area contributed by atoms with Crippen LogP contribution in [-0.2, 0) is 19.6 Å². The van der Waals surface area contributed by atoms with Gasteiger partial charge in [0.1, 0.15) is 17.6 Å². The summed E-state index contributed by atoms with van der Waals surface area (Å²) in [6.45, 7) is 2.10. The lowest BCUT2D eigenvalue weighted by molar-refractivity contribution is -0.132. The molecule has 1 atom stereocenters. The number of anilines is 1. The first kappa shape index (κ1) is 24.4. The first-order valence-electron chi connectivity index (χ1n) is 10.4. The van der Waals surface area contributed by atoms with Crippen LogP contribution >= 0.6 is 11.6 Å². The first-order chi connectivity index (χ1) is 16.6. The molecule has 1 aliphatic heterocycles. The van der Waals surface area contributed by atoms with Crippen LogP contribution < -0.4 is 14.8 Å². The molecule has 0 bridgehead atoms. The van der Waals surface area contributed by atoms with Crippen molar-refractivity contribution in [2.24, 2.45) is 5.14 Å². The molecule has 9 nitrogen and oxygen atoms in total. The molecule has 1 amide bonds. The fraction of sp³-hybridized carbons (Fsp3) is 0.125. The van der Waals surface area contributed by atoms with Gasteiger partial charge in [0.15, 0.2) is 0 Å². The average Bonchev–Trinajstić information content (AvgIpc) is 3.10. The minimum atomic E-state index is -3.96. The SMILES string of the molecule is CCOc1cc(/C(O)=C2\C(=O)C(=O)N(c3ccc(S(N)(=O)=O)cc3)C2c2ccccn2)ccc1Cl. The number of nitrogens with two attached hydrogens (primary N) is 1. The van der Waals surface area contributed by atoms with Crippen LogP contribution in [0.3, 0.4) is 0 Å². The molecule has 2 heterocycles. The van der Waals surface area contributed by atoms with Crippen LogP contribution in [0.4, 0.5) is 5.69 Å². The van der Waals surface area contributed by atoms with Gasteiger partial charge in [0.2, 0.25) is 10.0 Å². The molecule has 0 spiro atoms. The number of ketones is 1. The van der Waals surface area contributed by atoms with Gasteiger partial charge in [-0.25, -0.2) is 13.6 Å². The van der Waals surface area contributed by atoms with Crippen molar-refractivity contribution in [2.75, 3.05) is 11.5 Å². The molecule has 35 heavy (non-hydrogen) atoms. The Morgan fingerprint density at radius 1 is 1.14 bits per heavy atom. The van der Waals surface area contributed by atoms with Gasteiger partial charge in [-0.05, 0) is 61.5 Å². The summed E-state index contributed by atoms with van der Waals surface area (Å²) < 4.78 is 28.8. The summed E-state index contributed by atoms with van der Waals surface area (Å²) in [4.78, 5) is 31.6. The Hall–Kier alpha value is -3.73. The summed E-state index contributed by atoms with van der Waals surface area (Å²) in [6.07, 6.45) is 1.50. The van der Waals surface area contributed by atoms with E-state index in [1.54, 1.807) is 25.1 Å². The summed E-state index contributed by atoms with van der Waals surface area (Å²) in [5.74, 6) is -1.97. The summed E-state index contributed by atoms with van der Waals surface area (Å²) in [5.41, 5.74) is 0.582. The van der Waals surface area contributed by atoms with E-state index < -0.39 is 33.5 Å². The van der Waals surface area contributed by atoms with E-state index in [-0.39, 0.29) is 21.7 Å². The molecule has 0 aliphatic carbocycles. The number of Topliss-reactive ketones (excluding diaryl/α,β-unsaturated/α-hetero) is 1. The lowest BCUT2D eigenvalue weighted by atomic mass is 9.98. The number of aromatic nitrogens is 1. The predicted octanol–water partition coefficient (Wildman–Crippen LogP) is 3.41. The zero-order chi connectivity index (χ0) is 25.3. The number of hydrogen-bond donors (Lipinski definition) is 2. The van der Waals surface area contributed by atoms with Crippen LogP contribution in [0, 0.1) is 0 Å². The maximum Gasteiger partial charge on any atom is 0.300 e. The molecule has 180 valence electrons. The van der Waals surface area contributed by atoms with Crippen LogP contribution in [0.15, 0.2) is 77.3 Å². The van der Waals surface area contributed by atoms with E-state index in [1.807, 2.05) is 0 Å². The number of rotatable bonds is 6. The van der Waals surface area contributed by atoms with Gasteiger partial charge in [0, 0.05) is 17.4 Å². The van der Waals surface area contributed by atoms with Crippen molar-refractivity contribution in [1.82, 2.24) is 4.98 Å². The molecular formula is C24H20ClN3O6S. The number of carbonyl (C=O) groups excluding carboxylic acids is 2. The fourth-order valence-corrected chi connectivity index (χ4v) is 4.47. The number of hydrogen-bond acceptors (Lipinski definition) is 7. The van der Waals surface area contributed by atoms with E-state index in [9.17, 15) is 23.1 Å². The molecule has 4 rings (SSSR count). The van der Waals surface area contributed by atoms with E-state index >= 15 is 0 Å². The van der Waals surface area contributed by atoms with E-state index in [4.69, 9.17) is 21.5 Å². The second-order valence-electron chi connectivity index (χ2n) is 7.54. The van der Waals surface area contributed by atoms with Crippen molar-refractivity contribution in [3.63, 3.8) is 0 Å². The largest absolute Gasteiger partial charge is 0.507 e. The van der Waals surface area contributed by atoms with Crippen molar-refractivity contribution >= 4 is 44.8 Å². The number of primary sulfonamides is 1. The van der Waals surface area contributed by atoms with E-state index in [2.05, 4.69) is 4.98 Å². The molecule has 0 saturated carbocycles. The van der Waals surface area contributed by atoms with Gasteiger partial charge in [-0.15, -0.1) is 0 Å². The molecule has 1 fully saturated rings. The van der Waals surface area contributed by atoms with Gasteiger partial charge in [0.05, 0.1) is 27.8 Å². The topological polar surface area (TPSA) is 140 Å². The summed E-state index contributed by atoms with van der Waals surface area (Å²) in [6, 6.07) is 13.6. The molecule has 1 saturated heterocycles. The predicted molar refractivity (Wildman–Crippen MR) is 129 cm³/mol. The van der Waals surface area contributed by atoms with Crippen LogP contribution in [0.25, 0.3) is 5.76 Å². The Labute approximate surface area is 206 Å². The highest BCUT2D eigenvalue weighted by Gasteiger charge is 2.47. The minimum Gasteiger partial charge on any atom is -0.507 e. The third kappa shape index (κ3) is 4.63. The molecule has 1 unspecified atom stereocenters. The number of sulfonamides is 1. The molecule has 3 aromatic rings. The molecule has 1 aromatic heterocycles. The van der Waals surface area contributed by atoms with Crippen molar-refractivity contribution in [1.29, 1.82) is 0 Å². The zero-order valence-corrected chi connectivity index (χ0v) is 20.0. The maximum atomic E-state index is 13.2. The van der Waals surface area contributed by atoms with Crippen molar-refractivity contribution in [3.8, 4) is 5.75 Å². The molecule has 3 N–H and O–H groups in total. The van der Waals surface area contributed by atoms with Gasteiger partial charge in [-0.3, -0.25) is 19.5 Å². The quantitative estimate of drug-likeness (QED) is 0.292. The number of nitrogens with zero attached hydrogens (tertiary/aromatic N) is 2. The smallest absolute Gasteiger partial charge is 0.300 e. The number of carbonyl (C=O) groups is 2. The molecule has 1 aliphatic rings. The second-order valence-corrected chi connectivity index (χ2v) is 9.51. The monoisotopic (exact) mass is 513 g/mol. The number of pyridine rings is 1. The highest BCUT2D eigenvalue weighted by molar-refractivity contribution is 7.89. The Bertz CT molecular complexity index is 1440. The summed E-state index contributed by atoms with van der Waals surface area (Å²) in [7, 11) is -3.96. The number of halogens is 1. The number of amides is 1. The van der Waals surface area contributed by atoms with E-state index in [1.165, 1.54) is 48.7 Å². The van der Waals surface area contributed by atoms with Crippen LogP contribution in [0.1, 0.15) is 24.2 Å². The second kappa shape index (κ2) is 9.49. The van der Waals surface area contributed by atoms with Crippen LogP contribution in [0.2, 0.25) is 5.02 Å². The average molecular weight is 514 g/mol. The number of ether oxygens (including phenoxy) is 1. The number of aliphatic hydroxyl groups is 1. The molecule has 0 radical (unpaired) electrons. The number of aliphatic hydroxyl groups excluding tert-OH is 1. The minimum absolute atomic E-state index is 0.156. The Balaban J connectivity index is 1.90.